The summed E-state index contributed by atoms with van der Waals surface area (Å²) in [5.41, 5.74) is -1.97. The molecule has 0 spiro atoms. The second-order valence-corrected chi connectivity index (χ2v) is 2.78. The SMILES string of the molecule is CCOC(=O)c1cc(C(F)(F)F)cc(F)n1. The predicted octanol–water partition coefficient (Wildman–Crippen LogP) is 2.42. The van der Waals surface area contributed by atoms with Gasteiger partial charge in [-0.1, -0.05) is 0 Å². The molecule has 0 aliphatic heterocycles. The minimum absolute atomic E-state index is 0.0294. The van der Waals surface area contributed by atoms with Crippen molar-refractivity contribution in [2.45, 2.75) is 13.1 Å². The van der Waals surface area contributed by atoms with Gasteiger partial charge in [-0.2, -0.15) is 17.6 Å². The third-order valence-electron chi connectivity index (χ3n) is 1.61. The van der Waals surface area contributed by atoms with Gasteiger partial charge in [-0.05, 0) is 13.0 Å². The first-order valence-electron chi connectivity index (χ1n) is 4.26. The number of carbonyl (C=O) groups excluding carboxylic acids is 1. The largest absolute Gasteiger partial charge is 0.461 e. The summed E-state index contributed by atoms with van der Waals surface area (Å²) < 4.78 is 53.9. The van der Waals surface area contributed by atoms with E-state index in [1.807, 2.05) is 0 Å². The van der Waals surface area contributed by atoms with Crippen LogP contribution in [0.25, 0.3) is 0 Å². The van der Waals surface area contributed by atoms with Crippen LogP contribution < -0.4 is 0 Å². The second kappa shape index (κ2) is 4.46. The van der Waals surface area contributed by atoms with Crippen molar-refractivity contribution in [1.29, 1.82) is 0 Å². The molecule has 1 aromatic rings. The summed E-state index contributed by atoms with van der Waals surface area (Å²) in [6.45, 7) is 1.44. The van der Waals surface area contributed by atoms with E-state index < -0.39 is 29.4 Å². The summed E-state index contributed by atoms with van der Waals surface area (Å²) in [6, 6.07) is 0.657. The van der Waals surface area contributed by atoms with Crippen LogP contribution in [0.2, 0.25) is 0 Å². The zero-order valence-electron chi connectivity index (χ0n) is 8.14. The van der Waals surface area contributed by atoms with Crippen LogP contribution in [0.1, 0.15) is 23.0 Å². The van der Waals surface area contributed by atoms with Gasteiger partial charge in [-0.25, -0.2) is 9.78 Å². The van der Waals surface area contributed by atoms with Crippen LogP contribution >= 0.6 is 0 Å². The molecular weight excluding hydrogens is 230 g/mol. The molecular formula is C9H7F4NO2. The van der Waals surface area contributed by atoms with E-state index in [2.05, 4.69) is 9.72 Å². The van der Waals surface area contributed by atoms with Gasteiger partial charge in [0.2, 0.25) is 5.95 Å². The lowest BCUT2D eigenvalue weighted by molar-refractivity contribution is -0.137. The maximum atomic E-state index is 12.7. The average Bonchev–Trinajstić information content (AvgIpc) is 2.16. The van der Waals surface area contributed by atoms with E-state index in [0.717, 1.165) is 0 Å². The van der Waals surface area contributed by atoms with Crippen LogP contribution in [-0.2, 0) is 10.9 Å². The van der Waals surface area contributed by atoms with Crippen molar-refractivity contribution in [2.24, 2.45) is 0 Å². The molecule has 7 heteroatoms. The Labute approximate surface area is 88.0 Å². The smallest absolute Gasteiger partial charge is 0.416 e. The van der Waals surface area contributed by atoms with Gasteiger partial charge in [-0.15, -0.1) is 0 Å². The van der Waals surface area contributed by atoms with Crippen molar-refractivity contribution in [3.8, 4) is 0 Å². The monoisotopic (exact) mass is 237 g/mol. The normalized spacial score (nSPS) is 11.3. The van der Waals surface area contributed by atoms with Crippen molar-refractivity contribution in [2.75, 3.05) is 6.61 Å². The Balaban J connectivity index is 3.13. The van der Waals surface area contributed by atoms with E-state index in [1.54, 1.807) is 0 Å². The van der Waals surface area contributed by atoms with E-state index in [1.165, 1.54) is 6.92 Å². The van der Waals surface area contributed by atoms with Gasteiger partial charge in [-0.3, -0.25) is 0 Å². The first-order valence-corrected chi connectivity index (χ1v) is 4.26. The fourth-order valence-electron chi connectivity index (χ4n) is 0.970. The van der Waals surface area contributed by atoms with Crippen molar-refractivity contribution >= 4 is 5.97 Å². The van der Waals surface area contributed by atoms with Crippen molar-refractivity contribution < 1.29 is 27.1 Å². The number of carbonyl (C=O) groups is 1. The molecule has 16 heavy (non-hydrogen) atoms. The molecule has 0 aromatic carbocycles. The predicted molar refractivity (Wildman–Crippen MR) is 45.2 cm³/mol. The maximum absolute atomic E-state index is 12.7. The summed E-state index contributed by atoms with van der Waals surface area (Å²) in [7, 11) is 0. The van der Waals surface area contributed by atoms with Crippen LogP contribution in [0, 0.1) is 5.95 Å². The number of aromatic nitrogens is 1. The Morgan fingerprint density at radius 2 is 2.06 bits per heavy atom. The highest BCUT2D eigenvalue weighted by Gasteiger charge is 2.32. The number of ether oxygens (including phenoxy) is 1. The van der Waals surface area contributed by atoms with Gasteiger partial charge in [0.15, 0.2) is 5.69 Å². The zero-order chi connectivity index (χ0) is 12.3. The van der Waals surface area contributed by atoms with Crippen molar-refractivity contribution in [1.82, 2.24) is 4.98 Å². The van der Waals surface area contributed by atoms with Crippen LogP contribution in [0.4, 0.5) is 17.6 Å². The van der Waals surface area contributed by atoms with Gasteiger partial charge >= 0.3 is 12.1 Å². The lowest BCUT2D eigenvalue weighted by Gasteiger charge is -2.08. The van der Waals surface area contributed by atoms with Gasteiger partial charge in [0.25, 0.3) is 0 Å². The molecule has 1 aromatic heterocycles. The second-order valence-electron chi connectivity index (χ2n) is 2.78. The molecule has 0 aliphatic rings. The van der Waals surface area contributed by atoms with Gasteiger partial charge in [0, 0.05) is 6.07 Å². The fourth-order valence-corrected chi connectivity index (χ4v) is 0.970. The highest BCUT2D eigenvalue weighted by molar-refractivity contribution is 5.87. The summed E-state index contributed by atoms with van der Waals surface area (Å²) in [5, 5.41) is 0. The van der Waals surface area contributed by atoms with Crippen LogP contribution in [-0.4, -0.2) is 17.6 Å². The molecule has 0 saturated heterocycles. The maximum Gasteiger partial charge on any atom is 0.416 e. The third kappa shape index (κ3) is 2.91. The Hall–Kier alpha value is -1.66. The minimum atomic E-state index is -4.73. The van der Waals surface area contributed by atoms with E-state index in [4.69, 9.17) is 0 Å². The highest BCUT2D eigenvalue weighted by Crippen LogP contribution is 2.29. The Morgan fingerprint density at radius 1 is 1.44 bits per heavy atom. The molecule has 0 aliphatic carbocycles. The molecule has 1 heterocycles. The lowest BCUT2D eigenvalue weighted by atomic mass is 10.2. The Bertz CT molecular complexity index is 403. The molecule has 0 unspecified atom stereocenters. The van der Waals surface area contributed by atoms with Crippen LogP contribution in [0.3, 0.4) is 0 Å². The number of esters is 1. The minimum Gasteiger partial charge on any atom is -0.461 e. The molecule has 0 amide bonds. The number of nitrogens with zero attached hydrogens (tertiary/aromatic N) is 1. The van der Waals surface area contributed by atoms with Crippen LogP contribution in [0.5, 0.6) is 0 Å². The number of hydrogen-bond acceptors (Lipinski definition) is 3. The molecule has 0 radical (unpaired) electrons. The molecule has 0 saturated carbocycles. The summed E-state index contributed by atoms with van der Waals surface area (Å²) in [4.78, 5) is 14.1. The third-order valence-corrected chi connectivity index (χ3v) is 1.61. The van der Waals surface area contributed by atoms with Gasteiger partial charge < -0.3 is 4.74 Å². The quantitative estimate of drug-likeness (QED) is 0.450. The molecule has 0 bridgehead atoms. The molecule has 3 nitrogen and oxygen atoms in total. The topological polar surface area (TPSA) is 39.2 Å². The summed E-state index contributed by atoms with van der Waals surface area (Å²) in [5.74, 6) is -2.47. The molecule has 0 fully saturated rings. The first-order chi connectivity index (χ1) is 7.34. The van der Waals surface area contributed by atoms with E-state index in [-0.39, 0.29) is 12.7 Å². The zero-order valence-corrected chi connectivity index (χ0v) is 8.14. The van der Waals surface area contributed by atoms with E-state index >= 15 is 0 Å². The van der Waals surface area contributed by atoms with Crippen LogP contribution in [0.15, 0.2) is 12.1 Å². The number of hydrogen-bond donors (Lipinski definition) is 0. The van der Waals surface area contributed by atoms with Crippen molar-refractivity contribution in [3.05, 3.63) is 29.3 Å². The lowest BCUT2D eigenvalue weighted by Crippen LogP contribution is -2.12. The average molecular weight is 237 g/mol. The number of alkyl halides is 3. The standard InChI is InChI=1S/C9H7F4NO2/c1-2-16-8(15)6-3-5(9(11,12)13)4-7(10)14-6/h3-4H,2H2,1H3. The highest BCUT2D eigenvalue weighted by atomic mass is 19.4. The van der Waals surface area contributed by atoms with Gasteiger partial charge in [0.1, 0.15) is 0 Å². The summed E-state index contributed by atoms with van der Waals surface area (Å²) in [6.07, 6.45) is -4.73. The van der Waals surface area contributed by atoms with Gasteiger partial charge in [0.05, 0.1) is 12.2 Å². The first kappa shape index (κ1) is 12.4. The Kier molecular flexibility index (Phi) is 3.46. The molecule has 88 valence electrons. The number of rotatable bonds is 2. The van der Waals surface area contributed by atoms with E-state index in [9.17, 15) is 22.4 Å². The molecule has 1 rings (SSSR count). The summed E-state index contributed by atoms with van der Waals surface area (Å²) >= 11 is 0. The number of pyridine rings is 1. The fraction of sp³-hybridized carbons (Fsp3) is 0.333. The number of halogens is 4. The molecule has 0 atom stereocenters. The van der Waals surface area contributed by atoms with E-state index in [0.29, 0.717) is 6.07 Å². The van der Waals surface area contributed by atoms with Crippen molar-refractivity contribution in [3.63, 3.8) is 0 Å². The molecule has 0 N–H and O–H groups in total. The Morgan fingerprint density at radius 3 is 2.56 bits per heavy atom.